The number of benzene rings is 1. The van der Waals surface area contributed by atoms with E-state index in [0.717, 1.165) is 74.3 Å². The van der Waals surface area contributed by atoms with Crippen LogP contribution in [0.3, 0.4) is 0 Å². The Kier molecular flexibility index (Phi) is 6.15. The predicted molar refractivity (Wildman–Crippen MR) is 125 cm³/mol. The van der Waals surface area contributed by atoms with E-state index in [1.165, 1.54) is 16.1 Å². The van der Waals surface area contributed by atoms with Crippen LogP contribution in [0.25, 0.3) is 0 Å². The molecule has 2 unspecified atom stereocenters. The molecular weight excluding hydrogens is 430 g/mol. The number of aromatic nitrogens is 1. The van der Waals surface area contributed by atoms with Crippen molar-refractivity contribution in [2.24, 2.45) is 10.3 Å². The Morgan fingerprint density at radius 2 is 2.16 bits per heavy atom. The fraction of sp³-hybridized carbons (Fsp3) is 0.500. The minimum Gasteiger partial charge on any atom is -0.387 e. The fourth-order valence-corrected chi connectivity index (χ4v) is 5.87. The first kappa shape index (κ1) is 20.8. The van der Waals surface area contributed by atoms with Gasteiger partial charge in [-0.1, -0.05) is 23.4 Å². The van der Waals surface area contributed by atoms with Crippen molar-refractivity contribution in [3.05, 3.63) is 51.0 Å². The third-order valence-corrected chi connectivity index (χ3v) is 7.55. The van der Waals surface area contributed by atoms with Crippen LogP contribution in [0, 0.1) is 0 Å². The molecule has 2 aliphatic heterocycles. The lowest BCUT2D eigenvalue weighted by molar-refractivity contribution is 0.0850. The molecule has 0 spiro atoms. The zero-order valence-electron chi connectivity index (χ0n) is 17.6. The summed E-state index contributed by atoms with van der Waals surface area (Å²) >= 11 is 1.75. The predicted octanol–water partition coefficient (Wildman–Crippen LogP) is 3.40. The first-order chi connectivity index (χ1) is 15.2. The highest BCUT2D eigenvalue weighted by atomic mass is 32.2. The van der Waals surface area contributed by atoms with Crippen LogP contribution in [0.15, 0.2) is 33.8 Å². The topological polar surface area (TPSA) is 88.0 Å². The third kappa shape index (κ3) is 4.44. The van der Waals surface area contributed by atoms with Gasteiger partial charge >= 0.3 is 0 Å². The maximum atomic E-state index is 11.4. The summed E-state index contributed by atoms with van der Waals surface area (Å²) in [4.78, 5) is 13.5. The lowest BCUT2D eigenvalue weighted by atomic mass is 9.84. The van der Waals surface area contributed by atoms with Crippen LogP contribution < -0.4 is 10.1 Å². The van der Waals surface area contributed by atoms with Gasteiger partial charge in [0.2, 0.25) is 0 Å². The van der Waals surface area contributed by atoms with E-state index in [4.69, 9.17) is 9.82 Å². The van der Waals surface area contributed by atoms with Crippen LogP contribution in [0.5, 0.6) is 0 Å². The summed E-state index contributed by atoms with van der Waals surface area (Å²) in [5.41, 5.74) is 6.43. The molecular formula is C22H27N5O2S2. The molecule has 9 heteroatoms. The molecule has 0 amide bonds. The number of hydrogen-bond donors (Lipinski definition) is 2. The molecule has 1 fully saturated rings. The van der Waals surface area contributed by atoms with Gasteiger partial charge in [-0.15, -0.1) is 11.3 Å². The van der Waals surface area contributed by atoms with Gasteiger partial charge in [0.1, 0.15) is 16.7 Å². The Hall–Kier alpha value is -2.10. The maximum Gasteiger partial charge on any atom is 0.158 e. The number of hydrogen-bond acceptors (Lipinski definition) is 7. The van der Waals surface area contributed by atoms with Gasteiger partial charge < -0.3 is 10.2 Å². The monoisotopic (exact) mass is 457 g/mol. The second-order valence-electron chi connectivity index (χ2n) is 8.26. The number of rotatable bonds is 5. The lowest BCUT2D eigenvalue weighted by Crippen LogP contribution is -2.26. The molecule has 1 aliphatic carbocycles. The van der Waals surface area contributed by atoms with Gasteiger partial charge in [0, 0.05) is 29.5 Å². The molecule has 164 valence electrons. The lowest BCUT2D eigenvalue weighted by Gasteiger charge is -2.22. The normalized spacial score (nSPS) is 23.8. The smallest absolute Gasteiger partial charge is 0.158 e. The van der Waals surface area contributed by atoms with Crippen molar-refractivity contribution in [2.75, 3.05) is 19.3 Å². The van der Waals surface area contributed by atoms with Crippen LogP contribution in [-0.2, 0) is 22.2 Å². The number of nitrogens with zero attached hydrogens (tertiary/aromatic N) is 3. The number of oxime groups is 1. The molecule has 0 radical (unpaired) electrons. The minimum atomic E-state index is -1.17. The summed E-state index contributed by atoms with van der Waals surface area (Å²) in [5, 5.41) is 15.6. The number of hydrazone groups is 1. The van der Waals surface area contributed by atoms with Gasteiger partial charge in [0.15, 0.2) is 6.10 Å². The molecule has 2 N–H and O–H groups in total. The Labute approximate surface area is 189 Å². The molecule has 2 aromatic rings. The number of thiazole rings is 1. The van der Waals surface area contributed by atoms with Crippen molar-refractivity contribution in [3.63, 3.8) is 0 Å². The van der Waals surface area contributed by atoms with Gasteiger partial charge in [-0.3, -0.25) is 0 Å². The highest BCUT2D eigenvalue weighted by Crippen LogP contribution is 2.36. The average molecular weight is 458 g/mol. The Morgan fingerprint density at radius 3 is 3.00 bits per heavy atom. The largest absolute Gasteiger partial charge is 0.387 e. The molecule has 1 aromatic heterocycles. The summed E-state index contributed by atoms with van der Waals surface area (Å²) in [6.45, 7) is 2.14. The van der Waals surface area contributed by atoms with Gasteiger partial charge in [0.25, 0.3) is 0 Å². The van der Waals surface area contributed by atoms with Gasteiger partial charge in [-0.05, 0) is 56.3 Å². The Morgan fingerprint density at radius 1 is 1.29 bits per heavy atom. The van der Waals surface area contributed by atoms with Crippen molar-refractivity contribution in [3.8, 4) is 0 Å². The van der Waals surface area contributed by atoms with Crippen LogP contribution in [0.2, 0.25) is 0 Å². The summed E-state index contributed by atoms with van der Waals surface area (Å²) in [7, 11) is -1.17. The van der Waals surface area contributed by atoms with Crippen molar-refractivity contribution in [2.45, 2.75) is 50.5 Å². The van der Waals surface area contributed by atoms with Gasteiger partial charge in [-0.2, -0.15) is 5.10 Å². The number of piperidine rings is 1. The molecule has 0 bridgehead atoms. The second kappa shape index (κ2) is 9.18. The molecule has 2 atom stereocenters. The first-order valence-electron chi connectivity index (χ1n) is 10.9. The molecule has 7 nitrogen and oxygen atoms in total. The van der Waals surface area contributed by atoms with E-state index in [1.807, 2.05) is 0 Å². The molecule has 3 heterocycles. The molecule has 5 rings (SSSR count). The summed E-state index contributed by atoms with van der Waals surface area (Å²) in [5.74, 6) is 0.559. The zero-order chi connectivity index (χ0) is 21.2. The highest BCUT2D eigenvalue weighted by molar-refractivity contribution is 7.82. The van der Waals surface area contributed by atoms with Gasteiger partial charge in [0.05, 0.1) is 16.4 Å². The van der Waals surface area contributed by atoms with Crippen molar-refractivity contribution < 1.29 is 9.05 Å². The summed E-state index contributed by atoms with van der Waals surface area (Å²) < 4.78 is 11.4. The summed E-state index contributed by atoms with van der Waals surface area (Å²) in [6.07, 6.45) is 7.42. The van der Waals surface area contributed by atoms with Crippen LogP contribution in [0.1, 0.15) is 71.5 Å². The maximum absolute atomic E-state index is 11.4. The molecule has 1 aromatic carbocycles. The van der Waals surface area contributed by atoms with E-state index in [0.29, 0.717) is 5.92 Å². The van der Waals surface area contributed by atoms with Gasteiger partial charge in [-0.25, -0.2) is 14.0 Å². The average Bonchev–Trinajstić information content (AvgIpc) is 3.48. The molecule has 0 saturated carbocycles. The van der Waals surface area contributed by atoms with E-state index in [9.17, 15) is 4.21 Å². The molecule has 3 aliphatic rings. The number of nitrogens with one attached hydrogen (secondary N) is 2. The summed E-state index contributed by atoms with van der Waals surface area (Å²) in [6, 6.07) is 6.29. The zero-order valence-corrected chi connectivity index (χ0v) is 19.2. The van der Waals surface area contributed by atoms with Crippen molar-refractivity contribution >= 4 is 33.7 Å². The van der Waals surface area contributed by atoms with E-state index in [1.54, 1.807) is 17.6 Å². The second-order valence-corrected chi connectivity index (χ2v) is 10.2. The standard InChI is InChI=1S/C22H27N5O2S2/c1-31(28)27-25-18-7-3-4-15-16(18)5-2-6-17(15)21-12-19(26-29-21)20-13-30-22(24-20)14-8-10-23-11-9-14/h2,5-6,13-14,21,23,27H,3-4,7-12H2,1H3. The van der Waals surface area contributed by atoms with Crippen molar-refractivity contribution in [1.82, 2.24) is 15.1 Å². The molecule has 31 heavy (non-hydrogen) atoms. The molecule has 1 saturated heterocycles. The highest BCUT2D eigenvalue weighted by Gasteiger charge is 2.30. The van der Waals surface area contributed by atoms with Crippen LogP contribution in [-0.4, -0.2) is 40.0 Å². The first-order valence-corrected chi connectivity index (χ1v) is 13.3. The fourth-order valence-electron chi connectivity index (χ4n) is 4.63. The van der Waals surface area contributed by atoms with E-state index < -0.39 is 11.0 Å². The minimum absolute atomic E-state index is 0.0957. The Balaban J connectivity index is 1.33. The number of fused-ring (bicyclic) bond motifs is 1. The quantitative estimate of drug-likeness (QED) is 0.674. The Bertz CT molecular complexity index is 1040. The van der Waals surface area contributed by atoms with Crippen LogP contribution >= 0.6 is 11.3 Å². The van der Waals surface area contributed by atoms with E-state index >= 15 is 0 Å². The van der Waals surface area contributed by atoms with Crippen molar-refractivity contribution in [1.29, 1.82) is 0 Å². The SMILES string of the molecule is CS(=O)NN=C1CCCc2c1cccc2C1CC(c2csc(C3CCNCC3)n2)=NO1. The van der Waals surface area contributed by atoms with E-state index in [2.05, 4.69) is 44.0 Å². The van der Waals surface area contributed by atoms with E-state index in [-0.39, 0.29) is 6.10 Å². The third-order valence-electron chi connectivity index (χ3n) is 6.19. The van der Waals surface area contributed by atoms with Crippen LogP contribution in [0.4, 0.5) is 0 Å².